The van der Waals surface area contributed by atoms with Crippen LogP contribution < -0.4 is 5.32 Å². The second-order valence-corrected chi connectivity index (χ2v) is 7.03. The highest BCUT2D eigenvalue weighted by atomic mass is 16.5. The molecule has 1 N–H and O–H groups in total. The van der Waals surface area contributed by atoms with Crippen molar-refractivity contribution < 1.29 is 9.53 Å². The predicted molar refractivity (Wildman–Crippen MR) is 89.5 cm³/mol. The molecule has 0 unspecified atom stereocenters. The molecule has 3 saturated heterocycles. The van der Waals surface area contributed by atoms with Gasteiger partial charge in [0, 0.05) is 57.0 Å². The molecule has 4 heterocycles. The van der Waals surface area contributed by atoms with E-state index in [-0.39, 0.29) is 12.0 Å². The number of anilines is 1. The van der Waals surface area contributed by atoms with E-state index >= 15 is 0 Å². The van der Waals surface area contributed by atoms with Crippen LogP contribution in [0.1, 0.15) is 12.8 Å². The number of carbonyl (C=O) groups is 1. The molecule has 0 aromatic carbocycles. The summed E-state index contributed by atoms with van der Waals surface area (Å²) in [5.74, 6) is 1.89. The summed E-state index contributed by atoms with van der Waals surface area (Å²) in [6.07, 6.45) is 6.04. The van der Waals surface area contributed by atoms with Crippen LogP contribution >= 0.6 is 0 Å². The molecule has 3 aliphatic heterocycles. The van der Waals surface area contributed by atoms with Crippen LogP contribution in [-0.4, -0.2) is 77.7 Å². The zero-order chi connectivity index (χ0) is 16.4. The Bertz CT molecular complexity index is 563. The van der Waals surface area contributed by atoms with Crippen molar-refractivity contribution in [3.63, 3.8) is 0 Å². The maximum absolute atomic E-state index is 12.3. The summed E-state index contributed by atoms with van der Waals surface area (Å²) in [6, 6.07) is 1.81. The van der Waals surface area contributed by atoms with Gasteiger partial charge in [-0.05, 0) is 18.9 Å². The molecule has 0 radical (unpaired) electrons. The molecule has 0 aliphatic carbocycles. The van der Waals surface area contributed by atoms with Crippen LogP contribution in [0.2, 0.25) is 0 Å². The molecule has 1 aromatic rings. The molecule has 130 valence electrons. The number of rotatable bonds is 5. The Balaban J connectivity index is 1.27. The third kappa shape index (κ3) is 3.37. The van der Waals surface area contributed by atoms with E-state index in [1.165, 1.54) is 0 Å². The van der Waals surface area contributed by atoms with Crippen molar-refractivity contribution in [3.05, 3.63) is 18.5 Å². The van der Waals surface area contributed by atoms with Crippen molar-refractivity contribution in [3.8, 4) is 0 Å². The number of fused-ring (bicyclic) bond motifs is 1. The molecule has 1 aromatic heterocycles. The molecule has 0 spiro atoms. The van der Waals surface area contributed by atoms with Gasteiger partial charge in [-0.15, -0.1) is 0 Å². The molecule has 0 bridgehead atoms. The minimum Gasteiger partial charge on any atom is -0.376 e. The lowest BCUT2D eigenvalue weighted by Crippen LogP contribution is -2.39. The summed E-state index contributed by atoms with van der Waals surface area (Å²) in [5.41, 5.74) is 0. The lowest BCUT2D eigenvalue weighted by atomic mass is 9.93. The summed E-state index contributed by atoms with van der Waals surface area (Å²) in [7, 11) is 0. The van der Waals surface area contributed by atoms with E-state index in [1.54, 1.807) is 12.4 Å². The van der Waals surface area contributed by atoms with Gasteiger partial charge in [-0.1, -0.05) is 0 Å². The SMILES string of the molecule is O=C(CN1C[C@H]2[C@H](CNc3ncccn3)CO[C@H]2C1)N1CCCC1. The fourth-order valence-corrected chi connectivity index (χ4v) is 4.09. The summed E-state index contributed by atoms with van der Waals surface area (Å²) in [6.45, 7) is 5.83. The molecule has 7 nitrogen and oxygen atoms in total. The summed E-state index contributed by atoms with van der Waals surface area (Å²) in [4.78, 5) is 25.0. The highest BCUT2D eigenvalue weighted by molar-refractivity contribution is 5.78. The minimum atomic E-state index is 0.264. The Kier molecular flexibility index (Phi) is 4.62. The number of amides is 1. The van der Waals surface area contributed by atoms with Crippen molar-refractivity contribution in [1.29, 1.82) is 0 Å². The number of ether oxygens (including phenoxy) is 1. The third-order valence-corrected chi connectivity index (χ3v) is 5.42. The normalized spacial score (nSPS) is 29.8. The number of aromatic nitrogens is 2. The van der Waals surface area contributed by atoms with Crippen LogP contribution in [0.3, 0.4) is 0 Å². The number of nitrogens with one attached hydrogen (secondary N) is 1. The standard InChI is InChI=1S/C17H25N5O2/c23-16(22-6-1-2-7-22)11-21-9-14-13(12-24-15(14)10-21)8-20-17-18-4-3-5-19-17/h3-5,13-15H,1-2,6-12H2,(H,18,19,20)/t13-,14+,15+/m1/s1. The van der Waals surface area contributed by atoms with E-state index in [0.29, 0.717) is 24.3 Å². The monoisotopic (exact) mass is 331 g/mol. The lowest BCUT2D eigenvalue weighted by molar-refractivity contribution is -0.131. The minimum absolute atomic E-state index is 0.264. The van der Waals surface area contributed by atoms with Gasteiger partial charge in [0.15, 0.2) is 0 Å². The van der Waals surface area contributed by atoms with Gasteiger partial charge in [0.25, 0.3) is 0 Å². The van der Waals surface area contributed by atoms with E-state index in [0.717, 1.165) is 52.2 Å². The van der Waals surface area contributed by atoms with E-state index < -0.39 is 0 Å². The topological polar surface area (TPSA) is 70.6 Å². The van der Waals surface area contributed by atoms with Gasteiger partial charge >= 0.3 is 0 Å². The Hall–Kier alpha value is -1.73. The molecular weight excluding hydrogens is 306 g/mol. The van der Waals surface area contributed by atoms with Gasteiger partial charge < -0.3 is 15.0 Å². The highest BCUT2D eigenvalue weighted by Gasteiger charge is 2.44. The number of hydrogen-bond donors (Lipinski definition) is 1. The molecule has 3 aliphatic rings. The van der Waals surface area contributed by atoms with Gasteiger partial charge in [0.1, 0.15) is 0 Å². The zero-order valence-electron chi connectivity index (χ0n) is 13.9. The van der Waals surface area contributed by atoms with Gasteiger partial charge in [-0.3, -0.25) is 9.69 Å². The summed E-state index contributed by atoms with van der Waals surface area (Å²) in [5, 5.41) is 3.30. The Morgan fingerprint density at radius 2 is 2.04 bits per heavy atom. The van der Waals surface area contributed by atoms with Crippen molar-refractivity contribution in [2.45, 2.75) is 18.9 Å². The number of carbonyl (C=O) groups excluding carboxylic acids is 1. The smallest absolute Gasteiger partial charge is 0.236 e. The van der Waals surface area contributed by atoms with E-state index in [4.69, 9.17) is 4.74 Å². The van der Waals surface area contributed by atoms with Crippen LogP contribution in [0.15, 0.2) is 18.5 Å². The Morgan fingerprint density at radius 1 is 1.25 bits per heavy atom. The average molecular weight is 331 g/mol. The first-order valence-electron chi connectivity index (χ1n) is 8.92. The first kappa shape index (κ1) is 15.8. The molecule has 3 fully saturated rings. The number of likely N-dealkylation sites (tertiary alicyclic amines) is 2. The summed E-state index contributed by atoms with van der Waals surface area (Å²) >= 11 is 0. The van der Waals surface area contributed by atoms with Crippen LogP contribution in [0.5, 0.6) is 0 Å². The van der Waals surface area contributed by atoms with Crippen molar-refractivity contribution >= 4 is 11.9 Å². The molecule has 24 heavy (non-hydrogen) atoms. The fourth-order valence-electron chi connectivity index (χ4n) is 4.09. The van der Waals surface area contributed by atoms with Crippen LogP contribution in [0, 0.1) is 11.8 Å². The fraction of sp³-hybridized carbons (Fsp3) is 0.706. The van der Waals surface area contributed by atoms with Gasteiger partial charge in [0.2, 0.25) is 11.9 Å². The van der Waals surface area contributed by atoms with Crippen molar-refractivity contribution in [1.82, 2.24) is 19.8 Å². The Morgan fingerprint density at radius 3 is 2.83 bits per heavy atom. The van der Waals surface area contributed by atoms with E-state index in [1.807, 2.05) is 11.0 Å². The first-order valence-corrected chi connectivity index (χ1v) is 8.92. The maximum Gasteiger partial charge on any atom is 0.236 e. The third-order valence-electron chi connectivity index (χ3n) is 5.42. The Labute approximate surface area is 142 Å². The molecule has 3 atom stereocenters. The van der Waals surface area contributed by atoms with Crippen LogP contribution in [0.4, 0.5) is 5.95 Å². The van der Waals surface area contributed by atoms with Crippen molar-refractivity contribution in [2.24, 2.45) is 11.8 Å². The average Bonchev–Trinajstić information content (AvgIpc) is 3.31. The van der Waals surface area contributed by atoms with Crippen molar-refractivity contribution in [2.75, 3.05) is 51.2 Å². The molecule has 1 amide bonds. The number of hydrogen-bond acceptors (Lipinski definition) is 6. The lowest BCUT2D eigenvalue weighted by Gasteiger charge is -2.22. The molecule has 7 heteroatoms. The highest BCUT2D eigenvalue weighted by Crippen LogP contribution is 2.33. The number of nitrogens with zero attached hydrogens (tertiary/aromatic N) is 4. The first-order chi connectivity index (χ1) is 11.8. The van der Waals surface area contributed by atoms with Crippen LogP contribution in [-0.2, 0) is 9.53 Å². The molecular formula is C17H25N5O2. The van der Waals surface area contributed by atoms with E-state index in [2.05, 4.69) is 20.2 Å². The zero-order valence-corrected chi connectivity index (χ0v) is 13.9. The second-order valence-electron chi connectivity index (χ2n) is 7.03. The van der Waals surface area contributed by atoms with E-state index in [9.17, 15) is 4.79 Å². The van der Waals surface area contributed by atoms with Crippen LogP contribution in [0.25, 0.3) is 0 Å². The second kappa shape index (κ2) is 7.03. The maximum atomic E-state index is 12.3. The predicted octanol–water partition coefficient (Wildman–Crippen LogP) is 0.458. The molecule has 4 rings (SSSR count). The molecule has 0 saturated carbocycles. The van der Waals surface area contributed by atoms with Gasteiger partial charge in [-0.2, -0.15) is 0 Å². The van der Waals surface area contributed by atoms with Gasteiger partial charge in [-0.25, -0.2) is 9.97 Å². The largest absolute Gasteiger partial charge is 0.376 e. The summed E-state index contributed by atoms with van der Waals surface area (Å²) < 4.78 is 5.97. The van der Waals surface area contributed by atoms with Gasteiger partial charge in [0.05, 0.1) is 19.3 Å². The quantitative estimate of drug-likeness (QED) is 0.845.